The van der Waals surface area contributed by atoms with Crippen molar-refractivity contribution in [1.82, 2.24) is 14.8 Å². The van der Waals surface area contributed by atoms with Gasteiger partial charge in [-0.05, 0) is 100 Å². The van der Waals surface area contributed by atoms with Crippen LogP contribution in [0, 0.1) is 17.8 Å². The lowest BCUT2D eigenvalue weighted by Gasteiger charge is -2.35. The first-order chi connectivity index (χ1) is 17.5. The summed E-state index contributed by atoms with van der Waals surface area (Å²) in [5.74, 6) is -0.946. The quantitative estimate of drug-likeness (QED) is 0.502. The van der Waals surface area contributed by atoms with Crippen LogP contribution in [0.15, 0.2) is 18.3 Å². The first-order valence-electron chi connectivity index (χ1n) is 13.8. The minimum atomic E-state index is -0.895. The van der Waals surface area contributed by atoms with Gasteiger partial charge >= 0.3 is 5.97 Å². The number of nitrogens with zero attached hydrogens (tertiary/aromatic N) is 3. The molecule has 0 aliphatic heterocycles. The van der Waals surface area contributed by atoms with Gasteiger partial charge in [-0.3, -0.25) is 19.3 Å². The zero-order valence-electron chi connectivity index (χ0n) is 21.5. The number of aliphatic carboxylic acids is 1. The Bertz CT molecular complexity index is 1090. The third-order valence-corrected chi connectivity index (χ3v) is 8.66. The molecule has 2 heterocycles. The second-order valence-electron chi connectivity index (χ2n) is 11.2. The normalized spacial score (nSPS) is 23.9. The van der Waals surface area contributed by atoms with Gasteiger partial charge in [0.1, 0.15) is 5.78 Å². The standard InChI is InChI=1S/C29H39N3O4/c1-32-27-16-21(7-8-23(27)18-30-32)28(33)17-22(29(34)35)12-13-36-25-14-19(15-25)6-10-24-11-9-20-4-2-3-5-26(20)31-24/h9,11,18-19,21-22,25H,2-8,10,12-17H2,1H3,(H,34,35). The van der Waals surface area contributed by atoms with Crippen molar-refractivity contribution in [3.63, 3.8) is 0 Å². The molecule has 5 rings (SSSR count). The van der Waals surface area contributed by atoms with Gasteiger partial charge in [0.15, 0.2) is 0 Å². The lowest BCUT2D eigenvalue weighted by Crippen LogP contribution is -2.33. The molecule has 1 saturated carbocycles. The molecule has 36 heavy (non-hydrogen) atoms. The van der Waals surface area contributed by atoms with Gasteiger partial charge in [0, 0.05) is 43.1 Å². The van der Waals surface area contributed by atoms with E-state index >= 15 is 0 Å². The highest BCUT2D eigenvalue weighted by Gasteiger charge is 2.32. The van der Waals surface area contributed by atoms with Crippen LogP contribution in [0.2, 0.25) is 0 Å². The molecule has 2 aromatic rings. The Balaban J connectivity index is 1.00. The molecule has 0 spiro atoms. The number of carbonyl (C=O) groups excluding carboxylic acids is 1. The Morgan fingerprint density at radius 2 is 2.00 bits per heavy atom. The summed E-state index contributed by atoms with van der Waals surface area (Å²) in [5, 5.41) is 14.0. The number of carboxylic acid groups (broad SMARTS) is 1. The maximum Gasteiger partial charge on any atom is 0.307 e. The fourth-order valence-corrected chi connectivity index (χ4v) is 6.18. The smallest absolute Gasteiger partial charge is 0.307 e. The van der Waals surface area contributed by atoms with Crippen LogP contribution in [0.4, 0.5) is 0 Å². The zero-order valence-corrected chi connectivity index (χ0v) is 21.5. The first-order valence-corrected chi connectivity index (χ1v) is 13.8. The molecule has 0 bridgehead atoms. The van der Waals surface area contributed by atoms with Crippen molar-refractivity contribution >= 4 is 11.8 Å². The molecule has 1 fully saturated rings. The van der Waals surface area contributed by atoms with E-state index in [1.807, 2.05) is 17.9 Å². The molecule has 3 aliphatic carbocycles. The van der Waals surface area contributed by atoms with Crippen molar-refractivity contribution in [1.29, 1.82) is 0 Å². The van der Waals surface area contributed by atoms with Crippen molar-refractivity contribution in [2.75, 3.05) is 6.61 Å². The summed E-state index contributed by atoms with van der Waals surface area (Å²) in [7, 11) is 1.90. The van der Waals surface area contributed by atoms with E-state index in [2.05, 4.69) is 17.2 Å². The molecule has 2 aromatic heterocycles. The number of carbonyl (C=O) groups is 2. The second kappa shape index (κ2) is 11.2. The predicted octanol–water partition coefficient (Wildman–Crippen LogP) is 4.28. The van der Waals surface area contributed by atoms with E-state index < -0.39 is 11.9 Å². The minimum Gasteiger partial charge on any atom is -0.481 e. The Morgan fingerprint density at radius 1 is 1.17 bits per heavy atom. The zero-order chi connectivity index (χ0) is 25.1. The van der Waals surface area contributed by atoms with Crippen molar-refractivity contribution in [3.8, 4) is 0 Å². The summed E-state index contributed by atoms with van der Waals surface area (Å²) in [5.41, 5.74) is 6.28. The molecule has 0 radical (unpaired) electrons. The molecule has 194 valence electrons. The van der Waals surface area contributed by atoms with Crippen LogP contribution >= 0.6 is 0 Å². The summed E-state index contributed by atoms with van der Waals surface area (Å²) in [6, 6.07) is 4.48. The molecular weight excluding hydrogens is 454 g/mol. The van der Waals surface area contributed by atoms with Crippen LogP contribution in [0.5, 0.6) is 0 Å². The Morgan fingerprint density at radius 3 is 2.83 bits per heavy atom. The van der Waals surface area contributed by atoms with E-state index in [-0.39, 0.29) is 24.2 Å². The Labute approximate surface area is 213 Å². The number of carboxylic acids is 1. The van der Waals surface area contributed by atoms with Gasteiger partial charge in [0.05, 0.1) is 18.2 Å². The third kappa shape index (κ3) is 5.88. The maximum atomic E-state index is 12.9. The van der Waals surface area contributed by atoms with Crippen LogP contribution in [0.1, 0.15) is 79.6 Å². The van der Waals surface area contributed by atoms with Crippen LogP contribution in [-0.4, -0.2) is 44.3 Å². The van der Waals surface area contributed by atoms with Gasteiger partial charge in [-0.25, -0.2) is 0 Å². The molecular formula is C29H39N3O4. The molecule has 2 atom stereocenters. The van der Waals surface area contributed by atoms with E-state index in [1.54, 1.807) is 0 Å². The van der Waals surface area contributed by atoms with Crippen LogP contribution in [0.25, 0.3) is 0 Å². The summed E-state index contributed by atoms with van der Waals surface area (Å²) in [6.45, 7) is 0.407. The number of hydrogen-bond donors (Lipinski definition) is 1. The van der Waals surface area contributed by atoms with E-state index in [1.165, 1.54) is 41.8 Å². The number of Topliss-reactive ketones (excluding diaryl/α,β-unsaturated/α-hetero) is 1. The summed E-state index contributed by atoms with van der Waals surface area (Å²) >= 11 is 0. The summed E-state index contributed by atoms with van der Waals surface area (Å²) in [6.07, 6.45) is 14.0. The van der Waals surface area contributed by atoms with E-state index in [0.717, 1.165) is 50.6 Å². The van der Waals surface area contributed by atoms with Crippen LogP contribution < -0.4 is 0 Å². The highest BCUT2D eigenvalue weighted by Crippen LogP contribution is 2.34. The summed E-state index contributed by atoms with van der Waals surface area (Å²) < 4.78 is 7.83. The van der Waals surface area contributed by atoms with Crippen LogP contribution in [-0.2, 0) is 53.5 Å². The van der Waals surface area contributed by atoms with Gasteiger partial charge in [0.25, 0.3) is 0 Å². The topological polar surface area (TPSA) is 94.3 Å². The molecule has 0 aromatic carbocycles. The number of aromatic nitrogens is 3. The summed E-state index contributed by atoms with van der Waals surface area (Å²) in [4.78, 5) is 29.6. The molecule has 7 nitrogen and oxygen atoms in total. The van der Waals surface area contributed by atoms with Crippen molar-refractivity contribution in [2.45, 2.75) is 89.6 Å². The lowest BCUT2D eigenvalue weighted by molar-refractivity contribution is -0.145. The van der Waals surface area contributed by atoms with Gasteiger partial charge in [-0.1, -0.05) is 6.07 Å². The third-order valence-electron chi connectivity index (χ3n) is 8.66. The molecule has 0 saturated heterocycles. The molecule has 7 heteroatoms. The number of ketones is 1. The average molecular weight is 494 g/mol. The van der Waals surface area contributed by atoms with Gasteiger partial charge in [-0.2, -0.15) is 5.10 Å². The minimum absolute atomic E-state index is 0.0637. The molecule has 3 aliphatic rings. The molecule has 2 unspecified atom stereocenters. The highest BCUT2D eigenvalue weighted by atomic mass is 16.5. The molecule has 0 amide bonds. The number of hydrogen-bond acceptors (Lipinski definition) is 5. The average Bonchev–Trinajstić information content (AvgIpc) is 3.23. The molecule has 1 N–H and O–H groups in total. The number of fused-ring (bicyclic) bond motifs is 2. The maximum absolute atomic E-state index is 12.9. The van der Waals surface area contributed by atoms with Crippen molar-refractivity contribution in [2.24, 2.45) is 24.8 Å². The number of aryl methyl sites for hydroxylation is 5. The van der Waals surface area contributed by atoms with E-state index in [9.17, 15) is 14.7 Å². The van der Waals surface area contributed by atoms with E-state index in [0.29, 0.717) is 25.4 Å². The fourth-order valence-electron chi connectivity index (χ4n) is 6.18. The SMILES string of the molecule is Cn1ncc2c1CC(C(=O)CC(CCOC1CC(CCc3ccc4c(n3)CCCC4)C1)C(=O)O)CC2. The number of pyridine rings is 1. The Hall–Kier alpha value is -2.54. The lowest BCUT2D eigenvalue weighted by atomic mass is 9.79. The first kappa shape index (κ1) is 25.1. The van der Waals surface area contributed by atoms with Crippen molar-refractivity contribution < 1.29 is 19.4 Å². The number of ether oxygens (including phenoxy) is 1. The number of rotatable bonds is 11. The van der Waals surface area contributed by atoms with Gasteiger partial charge in [-0.15, -0.1) is 0 Å². The fraction of sp³-hybridized carbons (Fsp3) is 0.655. The highest BCUT2D eigenvalue weighted by molar-refractivity contribution is 5.86. The Kier molecular flexibility index (Phi) is 7.85. The van der Waals surface area contributed by atoms with Gasteiger partial charge in [0.2, 0.25) is 0 Å². The van der Waals surface area contributed by atoms with Gasteiger partial charge < -0.3 is 9.84 Å². The van der Waals surface area contributed by atoms with E-state index in [4.69, 9.17) is 9.72 Å². The largest absolute Gasteiger partial charge is 0.481 e. The second-order valence-corrected chi connectivity index (χ2v) is 11.2. The monoisotopic (exact) mass is 493 g/mol. The van der Waals surface area contributed by atoms with Crippen molar-refractivity contribution in [3.05, 3.63) is 46.5 Å². The van der Waals surface area contributed by atoms with Crippen LogP contribution in [0.3, 0.4) is 0 Å². The predicted molar refractivity (Wildman–Crippen MR) is 136 cm³/mol.